The molecule has 0 radical (unpaired) electrons. The first kappa shape index (κ1) is 22.4. The molecule has 1 saturated carbocycles. The molecule has 0 saturated heterocycles. The minimum absolute atomic E-state index is 0.00989. The lowest BCUT2D eigenvalue weighted by atomic mass is 9.94. The predicted octanol–water partition coefficient (Wildman–Crippen LogP) is 5.90. The second kappa shape index (κ2) is 10.6. The fourth-order valence-electron chi connectivity index (χ4n) is 4.27. The van der Waals surface area contributed by atoms with Crippen LogP contribution < -0.4 is 10.1 Å². The average molecular weight is 409 g/mol. The number of ether oxygens (including phenoxy) is 1. The van der Waals surface area contributed by atoms with E-state index in [-0.39, 0.29) is 12.5 Å². The highest BCUT2D eigenvalue weighted by molar-refractivity contribution is 5.92. The third-order valence-corrected chi connectivity index (χ3v) is 6.06. The normalized spacial score (nSPS) is 14.9. The van der Waals surface area contributed by atoms with Crippen molar-refractivity contribution in [2.45, 2.75) is 71.4 Å². The highest BCUT2D eigenvalue weighted by Crippen LogP contribution is 2.28. The predicted molar refractivity (Wildman–Crippen MR) is 124 cm³/mol. The van der Waals surface area contributed by atoms with Gasteiger partial charge in [0.25, 0.3) is 5.91 Å². The van der Waals surface area contributed by atoms with Gasteiger partial charge >= 0.3 is 0 Å². The number of amides is 1. The van der Waals surface area contributed by atoms with E-state index in [0.29, 0.717) is 12.0 Å². The average Bonchev–Trinajstić information content (AvgIpc) is 2.74. The molecule has 0 spiro atoms. The Labute approximate surface area is 181 Å². The van der Waals surface area contributed by atoms with E-state index in [0.717, 1.165) is 34.7 Å². The maximum Gasteiger partial charge on any atom is 0.262 e. The van der Waals surface area contributed by atoms with Crippen molar-refractivity contribution < 1.29 is 9.53 Å². The number of nitrogens with one attached hydrogen (secondary N) is 1. The van der Waals surface area contributed by atoms with Gasteiger partial charge in [-0.3, -0.25) is 9.69 Å². The van der Waals surface area contributed by atoms with Crippen LogP contribution in [0.25, 0.3) is 0 Å². The van der Waals surface area contributed by atoms with E-state index in [1.165, 1.54) is 32.1 Å². The summed E-state index contributed by atoms with van der Waals surface area (Å²) < 4.78 is 5.91. The lowest BCUT2D eigenvalue weighted by Gasteiger charge is -2.31. The number of hydrogen-bond acceptors (Lipinski definition) is 3. The Morgan fingerprint density at radius 3 is 2.60 bits per heavy atom. The van der Waals surface area contributed by atoms with Crippen LogP contribution in [0.5, 0.6) is 5.75 Å². The minimum Gasteiger partial charge on any atom is -0.483 e. The zero-order valence-corrected chi connectivity index (χ0v) is 18.9. The molecule has 1 amide bonds. The Kier molecular flexibility index (Phi) is 7.92. The number of para-hydroxylation sites is 1. The summed E-state index contributed by atoms with van der Waals surface area (Å²) in [6.45, 7) is 7.16. The van der Waals surface area contributed by atoms with Crippen molar-refractivity contribution in [3.63, 3.8) is 0 Å². The zero-order valence-electron chi connectivity index (χ0n) is 18.9. The van der Waals surface area contributed by atoms with Gasteiger partial charge in [0.05, 0.1) is 0 Å². The molecule has 1 aliphatic rings. The van der Waals surface area contributed by atoms with E-state index in [2.05, 4.69) is 49.3 Å². The van der Waals surface area contributed by atoms with Crippen molar-refractivity contribution in [3.05, 3.63) is 59.2 Å². The van der Waals surface area contributed by atoms with Crippen LogP contribution in [0.4, 0.5) is 5.69 Å². The lowest BCUT2D eigenvalue weighted by Crippen LogP contribution is -2.33. The van der Waals surface area contributed by atoms with Gasteiger partial charge in [0.1, 0.15) is 5.75 Å². The fraction of sp³-hybridized carbons (Fsp3) is 0.500. The number of hydrogen-bond donors (Lipinski definition) is 1. The second-order valence-electron chi connectivity index (χ2n) is 8.90. The first-order chi connectivity index (χ1) is 14.4. The zero-order chi connectivity index (χ0) is 21.5. The van der Waals surface area contributed by atoms with Crippen LogP contribution in [0, 0.1) is 6.92 Å². The van der Waals surface area contributed by atoms with Crippen LogP contribution in [0.15, 0.2) is 42.5 Å². The Bertz CT molecular complexity index is 841. The van der Waals surface area contributed by atoms with E-state index in [4.69, 9.17) is 4.74 Å². The van der Waals surface area contributed by atoms with Gasteiger partial charge in [-0.15, -0.1) is 0 Å². The van der Waals surface area contributed by atoms with Gasteiger partial charge in [-0.05, 0) is 61.6 Å². The number of anilines is 1. The first-order valence-electron chi connectivity index (χ1n) is 11.3. The summed E-state index contributed by atoms with van der Waals surface area (Å²) in [6, 6.07) is 14.9. The lowest BCUT2D eigenvalue weighted by molar-refractivity contribution is -0.118. The Balaban J connectivity index is 1.61. The molecule has 1 aliphatic carbocycles. The molecule has 0 aliphatic heterocycles. The maximum absolute atomic E-state index is 12.6. The Morgan fingerprint density at radius 1 is 1.13 bits per heavy atom. The minimum atomic E-state index is -0.126. The van der Waals surface area contributed by atoms with Crippen molar-refractivity contribution in [1.29, 1.82) is 0 Å². The summed E-state index contributed by atoms with van der Waals surface area (Å²) in [6.07, 6.45) is 6.54. The van der Waals surface area contributed by atoms with E-state index >= 15 is 0 Å². The van der Waals surface area contributed by atoms with Crippen molar-refractivity contribution in [3.8, 4) is 5.75 Å². The SMILES string of the molecule is Cc1ccc(C(C)C)c(OCC(=O)Nc2ccccc2CN(C)C2CCCCC2)c1. The van der Waals surface area contributed by atoms with Gasteiger partial charge < -0.3 is 10.1 Å². The van der Waals surface area contributed by atoms with Crippen LogP contribution in [-0.4, -0.2) is 30.5 Å². The number of carbonyl (C=O) groups excluding carboxylic acids is 1. The van der Waals surface area contributed by atoms with Gasteiger partial charge in [-0.1, -0.05) is 63.4 Å². The Hall–Kier alpha value is -2.33. The van der Waals surface area contributed by atoms with Gasteiger partial charge in [0, 0.05) is 18.3 Å². The molecule has 1 N–H and O–H groups in total. The largest absolute Gasteiger partial charge is 0.483 e. The molecule has 3 rings (SSSR count). The van der Waals surface area contributed by atoms with Crippen LogP contribution in [0.2, 0.25) is 0 Å². The number of aryl methyl sites for hydroxylation is 1. The summed E-state index contributed by atoms with van der Waals surface area (Å²) >= 11 is 0. The molecule has 4 nitrogen and oxygen atoms in total. The van der Waals surface area contributed by atoms with Crippen LogP contribution in [-0.2, 0) is 11.3 Å². The second-order valence-corrected chi connectivity index (χ2v) is 8.90. The number of carbonyl (C=O) groups is 1. The molecular weight excluding hydrogens is 372 g/mol. The van der Waals surface area contributed by atoms with Crippen LogP contribution in [0.3, 0.4) is 0 Å². The van der Waals surface area contributed by atoms with Crippen LogP contribution >= 0.6 is 0 Å². The summed E-state index contributed by atoms with van der Waals surface area (Å²) in [4.78, 5) is 15.1. The third kappa shape index (κ3) is 6.09. The van der Waals surface area contributed by atoms with E-state index in [9.17, 15) is 4.79 Å². The summed E-state index contributed by atoms with van der Waals surface area (Å²) in [5, 5.41) is 3.06. The van der Waals surface area contributed by atoms with Crippen molar-refractivity contribution in [2.24, 2.45) is 0 Å². The van der Waals surface area contributed by atoms with Gasteiger partial charge in [0.2, 0.25) is 0 Å². The first-order valence-corrected chi connectivity index (χ1v) is 11.3. The van der Waals surface area contributed by atoms with Gasteiger partial charge in [-0.2, -0.15) is 0 Å². The molecular formula is C26H36N2O2. The quantitative estimate of drug-likeness (QED) is 0.591. The van der Waals surface area contributed by atoms with Gasteiger partial charge in [0.15, 0.2) is 6.61 Å². The molecule has 2 aromatic rings. The third-order valence-electron chi connectivity index (χ3n) is 6.06. The molecule has 4 heteroatoms. The maximum atomic E-state index is 12.6. The molecule has 1 fully saturated rings. The summed E-state index contributed by atoms with van der Waals surface area (Å²) in [7, 11) is 2.20. The molecule has 2 aromatic carbocycles. The molecule has 0 bridgehead atoms. The molecule has 162 valence electrons. The monoisotopic (exact) mass is 408 g/mol. The molecule has 0 aromatic heterocycles. The topological polar surface area (TPSA) is 41.6 Å². The van der Waals surface area contributed by atoms with E-state index in [1.54, 1.807) is 0 Å². The Morgan fingerprint density at radius 2 is 1.87 bits per heavy atom. The van der Waals surface area contributed by atoms with E-state index in [1.807, 2.05) is 31.2 Å². The van der Waals surface area contributed by atoms with E-state index < -0.39 is 0 Å². The molecule has 0 unspecified atom stereocenters. The summed E-state index contributed by atoms with van der Waals surface area (Å²) in [5.74, 6) is 1.02. The number of rotatable bonds is 8. The smallest absolute Gasteiger partial charge is 0.262 e. The summed E-state index contributed by atoms with van der Waals surface area (Å²) in [5.41, 5.74) is 4.29. The van der Waals surface area contributed by atoms with Crippen LogP contribution in [0.1, 0.15) is 68.6 Å². The van der Waals surface area contributed by atoms with Gasteiger partial charge in [-0.25, -0.2) is 0 Å². The highest BCUT2D eigenvalue weighted by atomic mass is 16.5. The molecule has 30 heavy (non-hydrogen) atoms. The fourth-order valence-corrected chi connectivity index (χ4v) is 4.27. The standard InChI is InChI=1S/C26H36N2O2/c1-19(2)23-15-14-20(3)16-25(23)30-18-26(29)27-24-13-9-8-10-21(24)17-28(4)22-11-6-5-7-12-22/h8-10,13-16,19,22H,5-7,11-12,17-18H2,1-4H3,(H,27,29). The highest BCUT2D eigenvalue weighted by Gasteiger charge is 2.19. The van der Waals surface area contributed by atoms with Crippen molar-refractivity contribution in [2.75, 3.05) is 19.0 Å². The van der Waals surface area contributed by atoms with Crippen molar-refractivity contribution >= 4 is 11.6 Å². The molecule has 0 heterocycles. The van der Waals surface area contributed by atoms with Crippen molar-refractivity contribution in [1.82, 2.24) is 4.90 Å². The number of nitrogens with zero attached hydrogens (tertiary/aromatic N) is 1. The molecule has 0 atom stereocenters. The number of benzene rings is 2.